The Labute approximate surface area is 45.5 Å². The molecule has 0 aliphatic carbocycles. The number of esters is 1. The molecule has 0 N–H and O–H groups in total. The van der Waals surface area contributed by atoms with Crippen LogP contribution in [-0.2, 0) is 9.53 Å². The third-order valence-electron chi connectivity index (χ3n) is 0.570. The Bertz CT molecular complexity index is 108. The summed E-state index contributed by atoms with van der Waals surface area (Å²) in [7, 11) is 0. The molecule has 0 aromatic rings. The van der Waals surface area contributed by atoms with E-state index >= 15 is 0 Å². The standard InChI is InChI=1S/C4H4O2S/c5-4-1-2-7-3-6-4/h1-2H,3H2. The number of hydrogen-bond acceptors (Lipinski definition) is 3. The van der Waals surface area contributed by atoms with Gasteiger partial charge in [0.25, 0.3) is 0 Å². The molecule has 0 atom stereocenters. The Kier molecular flexibility index (Phi) is 1.36. The minimum Gasteiger partial charge on any atom is -0.451 e. The summed E-state index contributed by atoms with van der Waals surface area (Å²) >= 11 is 1.48. The highest BCUT2D eigenvalue weighted by molar-refractivity contribution is 8.02. The van der Waals surface area contributed by atoms with Gasteiger partial charge in [0.2, 0.25) is 0 Å². The van der Waals surface area contributed by atoms with Gasteiger partial charge < -0.3 is 4.74 Å². The zero-order chi connectivity index (χ0) is 5.11. The monoisotopic (exact) mass is 116 g/mol. The van der Waals surface area contributed by atoms with E-state index in [1.54, 1.807) is 5.41 Å². The predicted molar refractivity (Wildman–Crippen MR) is 27.7 cm³/mol. The van der Waals surface area contributed by atoms with Gasteiger partial charge in [0, 0.05) is 6.08 Å². The Morgan fingerprint density at radius 2 is 2.71 bits per heavy atom. The average molecular weight is 116 g/mol. The van der Waals surface area contributed by atoms with Crippen molar-refractivity contribution in [3.05, 3.63) is 11.5 Å². The van der Waals surface area contributed by atoms with Crippen LogP contribution in [-0.4, -0.2) is 11.9 Å². The van der Waals surface area contributed by atoms with Crippen LogP contribution in [0.1, 0.15) is 0 Å². The Morgan fingerprint density at radius 1 is 1.86 bits per heavy atom. The first-order valence-electron chi connectivity index (χ1n) is 1.84. The van der Waals surface area contributed by atoms with Crippen LogP contribution in [0.4, 0.5) is 0 Å². The van der Waals surface area contributed by atoms with Crippen molar-refractivity contribution in [1.29, 1.82) is 0 Å². The van der Waals surface area contributed by atoms with Gasteiger partial charge in [-0.3, -0.25) is 0 Å². The molecule has 38 valence electrons. The Hall–Kier alpha value is -0.440. The van der Waals surface area contributed by atoms with Crippen LogP contribution in [0.5, 0.6) is 0 Å². The minimum absolute atomic E-state index is 0.237. The molecule has 1 heterocycles. The van der Waals surface area contributed by atoms with E-state index in [2.05, 4.69) is 4.74 Å². The fourth-order valence-corrected chi connectivity index (χ4v) is 0.753. The molecule has 0 fully saturated rings. The highest BCUT2D eigenvalue weighted by Gasteiger charge is 1.98. The number of cyclic esters (lactones) is 1. The molecule has 1 aliphatic heterocycles. The number of thioether (sulfide) groups is 1. The normalized spacial score (nSPS) is 19.1. The van der Waals surface area contributed by atoms with Crippen molar-refractivity contribution in [2.75, 3.05) is 5.94 Å². The van der Waals surface area contributed by atoms with Crippen LogP contribution in [0.3, 0.4) is 0 Å². The Balaban J connectivity index is 2.51. The van der Waals surface area contributed by atoms with Gasteiger partial charge in [-0.2, -0.15) is 0 Å². The summed E-state index contributed by atoms with van der Waals surface area (Å²) in [4.78, 5) is 10.1. The highest BCUT2D eigenvalue weighted by atomic mass is 32.2. The largest absolute Gasteiger partial charge is 0.451 e. The number of ether oxygens (including phenoxy) is 1. The summed E-state index contributed by atoms with van der Waals surface area (Å²) in [6, 6.07) is 0. The summed E-state index contributed by atoms with van der Waals surface area (Å²) in [6.45, 7) is 0. The molecule has 2 nitrogen and oxygen atoms in total. The van der Waals surface area contributed by atoms with Gasteiger partial charge in [0.05, 0.1) is 0 Å². The molecule has 1 rings (SSSR count). The van der Waals surface area contributed by atoms with Crippen LogP contribution in [0.15, 0.2) is 11.5 Å². The van der Waals surface area contributed by atoms with Crippen LogP contribution >= 0.6 is 11.8 Å². The Morgan fingerprint density at radius 3 is 3.00 bits per heavy atom. The van der Waals surface area contributed by atoms with Crippen LogP contribution < -0.4 is 0 Å². The average Bonchev–Trinajstić information content (AvgIpc) is 1.69. The smallest absolute Gasteiger partial charge is 0.332 e. The number of carbonyl (C=O) groups excluding carboxylic acids is 1. The van der Waals surface area contributed by atoms with Crippen molar-refractivity contribution in [2.45, 2.75) is 0 Å². The molecule has 0 radical (unpaired) electrons. The quantitative estimate of drug-likeness (QED) is 0.437. The molecule has 0 saturated heterocycles. The van der Waals surface area contributed by atoms with Crippen LogP contribution in [0.2, 0.25) is 0 Å². The van der Waals surface area contributed by atoms with Gasteiger partial charge in [-0.05, 0) is 5.41 Å². The first-order valence-corrected chi connectivity index (χ1v) is 2.89. The van der Waals surface area contributed by atoms with Gasteiger partial charge >= 0.3 is 5.97 Å². The van der Waals surface area contributed by atoms with Crippen LogP contribution in [0.25, 0.3) is 0 Å². The summed E-state index contributed by atoms with van der Waals surface area (Å²) in [5.41, 5.74) is 0. The number of hydrogen-bond donors (Lipinski definition) is 0. The van der Waals surface area contributed by atoms with Crippen molar-refractivity contribution in [2.24, 2.45) is 0 Å². The molecule has 0 bridgehead atoms. The number of rotatable bonds is 0. The molecule has 0 amide bonds. The van der Waals surface area contributed by atoms with Crippen molar-refractivity contribution in [3.8, 4) is 0 Å². The second-order valence-corrected chi connectivity index (χ2v) is 1.89. The van der Waals surface area contributed by atoms with Crippen molar-refractivity contribution < 1.29 is 9.53 Å². The topological polar surface area (TPSA) is 26.3 Å². The third kappa shape index (κ3) is 1.23. The van der Waals surface area contributed by atoms with Crippen molar-refractivity contribution in [1.82, 2.24) is 0 Å². The number of carbonyl (C=O) groups is 1. The van der Waals surface area contributed by atoms with Gasteiger partial charge in [-0.15, -0.1) is 0 Å². The molecular formula is C4H4O2S. The molecule has 0 aromatic carbocycles. The zero-order valence-corrected chi connectivity index (χ0v) is 4.40. The maximum absolute atomic E-state index is 10.1. The molecule has 0 aromatic heterocycles. The molecule has 0 saturated carbocycles. The maximum Gasteiger partial charge on any atom is 0.332 e. The van der Waals surface area contributed by atoms with E-state index in [4.69, 9.17) is 0 Å². The third-order valence-corrected chi connectivity index (χ3v) is 1.15. The van der Waals surface area contributed by atoms with Crippen LogP contribution in [0, 0.1) is 0 Å². The molecule has 0 unspecified atom stereocenters. The minimum atomic E-state index is -0.237. The fourth-order valence-electron chi connectivity index (χ4n) is 0.283. The fraction of sp³-hybridized carbons (Fsp3) is 0.250. The lowest BCUT2D eigenvalue weighted by molar-refractivity contribution is -0.135. The second kappa shape index (κ2) is 2.02. The lowest BCUT2D eigenvalue weighted by atomic mass is 10.7. The van der Waals surface area contributed by atoms with Gasteiger partial charge in [-0.1, -0.05) is 11.8 Å². The lowest BCUT2D eigenvalue weighted by Gasteiger charge is -2.01. The van der Waals surface area contributed by atoms with E-state index in [1.165, 1.54) is 17.8 Å². The summed E-state index contributed by atoms with van der Waals surface area (Å²) in [5.74, 6) is 0.230. The van der Waals surface area contributed by atoms with Gasteiger partial charge in [0.1, 0.15) is 5.94 Å². The molecule has 1 aliphatic rings. The molecule has 0 spiro atoms. The van der Waals surface area contributed by atoms with E-state index in [0.717, 1.165) is 0 Å². The van der Waals surface area contributed by atoms with E-state index < -0.39 is 0 Å². The van der Waals surface area contributed by atoms with E-state index in [1.807, 2.05) is 0 Å². The van der Waals surface area contributed by atoms with Gasteiger partial charge in [-0.25, -0.2) is 4.79 Å². The predicted octanol–water partition coefficient (Wildman–Crippen LogP) is 0.748. The van der Waals surface area contributed by atoms with Crippen molar-refractivity contribution in [3.63, 3.8) is 0 Å². The lowest BCUT2D eigenvalue weighted by Crippen LogP contribution is -2.01. The van der Waals surface area contributed by atoms with Gasteiger partial charge in [0.15, 0.2) is 0 Å². The van der Waals surface area contributed by atoms with Crippen molar-refractivity contribution >= 4 is 17.7 Å². The summed E-state index contributed by atoms with van der Waals surface area (Å²) in [6.07, 6.45) is 1.41. The molecule has 7 heavy (non-hydrogen) atoms. The van der Waals surface area contributed by atoms with E-state index in [9.17, 15) is 4.79 Å². The first-order chi connectivity index (χ1) is 3.39. The highest BCUT2D eigenvalue weighted by Crippen LogP contribution is 2.07. The summed E-state index contributed by atoms with van der Waals surface area (Å²) in [5, 5.41) is 1.73. The van der Waals surface area contributed by atoms with E-state index in [-0.39, 0.29) is 5.97 Å². The molecule has 3 heteroatoms. The van der Waals surface area contributed by atoms with E-state index in [0.29, 0.717) is 5.94 Å². The zero-order valence-electron chi connectivity index (χ0n) is 3.59. The first kappa shape index (κ1) is 4.71. The SMILES string of the molecule is O=C1C=CSCO1. The second-order valence-electron chi connectivity index (χ2n) is 1.05. The summed E-state index contributed by atoms with van der Waals surface area (Å²) < 4.78 is 4.52. The maximum atomic E-state index is 10.1. The molecular weight excluding hydrogens is 112 g/mol.